The van der Waals surface area contributed by atoms with Gasteiger partial charge in [0.1, 0.15) is 11.9 Å². The van der Waals surface area contributed by atoms with Gasteiger partial charge in [-0.05, 0) is 18.6 Å². The molecule has 0 aliphatic rings. The average molecular weight is 308 g/mol. The summed E-state index contributed by atoms with van der Waals surface area (Å²) in [5, 5.41) is 3.61. The largest absolute Gasteiger partial charge is 0.487 e. The second kappa shape index (κ2) is 7.13. The number of nitrogens with zero attached hydrogens (tertiary/aromatic N) is 2. The zero-order valence-electron chi connectivity index (χ0n) is 12.0. The molecule has 0 aliphatic heterocycles. The number of benzene rings is 1. The molecule has 1 atom stereocenters. The van der Waals surface area contributed by atoms with Crippen molar-refractivity contribution in [3.63, 3.8) is 0 Å². The summed E-state index contributed by atoms with van der Waals surface area (Å²) in [4.78, 5) is 15.9. The Kier molecular flexibility index (Phi) is 5.22. The maximum absolute atomic E-state index is 11.9. The number of ether oxygens (including phenoxy) is 1. The number of halogens is 1. The van der Waals surface area contributed by atoms with Crippen LogP contribution in [0, 0.1) is 0 Å². The molecule has 0 aliphatic carbocycles. The highest BCUT2D eigenvalue weighted by Crippen LogP contribution is 2.24. The van der Waals surface area contributed by atoms with Gasteiger partial charge in [-0.15, -0.1) is 0 Å². The minimum atomic E-state index is -0.162. The summed E-state index contributed by atoms with van der Waals surface area (Å²) in [6.45, 7) is 2.49. The normalized spacial score (nSPS) is 12.0. The summed E-state index contributed by atoms with van der Waals surface area (Å²) in [6, 6.07) is 7.33. The third-order valence-corrected chi connectivity index (χ3v) is 3.41. The van der Waals surface area contributed by atoms with E-state index in [-0.39, 0.29) is 11.7 Å². The van der Waals surface area contributed by atoms with E-state index in [1.54, 1.807) is 25.5 Å². The summed E-state index contributed by atoms with van der Waals surface area (Å²) in [5.41, 5.74) is -0.162. The predicted octanol–water partition coefficient (Wildman–Crippen LogP) is 2.70. The molecule has 0 saturated carbocycles. The van der Waals surface area contributed by atoms with Crippen LogP contribution in [0.25, 0.3) is 0 Å². The Morgan fingerprint density at radius 1 is 1.43 bits per heavy atom. The van der Waals surface area contributed by atoms with Crippen LogP contribution in [0.4, 0.5) is 5.82 Å². The van der Waals surface area contributed by atoms with E-state index in [2.05, 4.69) is 10.3 Å². The van der Waals surface area contributed by atoms with Crippen LogP contribution in [-0.2, 0) is 7.05 Å². The molecule has 0 radical (unpaired) electrons. The van der Waals surface area contributed by atoms with Gasteiger partial charge in [0.25, 0.3) is 5.56 Å². The molecule has 2 aromatic rings. The van der Waals surface area contributed by atoms with Gasteiger partial charge >= 0.3 is 0 Å². The van der Waals surface area contributed by atoms with Crippen molar-refractivity contribution in [1.29, 1.82) is 0 Å². The first-order valence-electron chi connectivity index (χ1n) is 6.78. The number of hydrogen-bond donors (Lipinski definition) is 1. The Bertz CT molecular complexity index is 657. The molecular weight excluding hydrogens is 290 g/mol. The summed E-state index contributed by atoms with van der Waals surface area (Å²) in [5.74, 6) is 0.961. The van der Waals surface area contributed by atoms with Crippen molar-refractivity contribution in [3.05, 3.63) is 52.0 Å². The van der Waals surface area contributed by atoms with Crippen LogP contribution < -0.4 is 15.6 Å². The van der Waals surface area contributed by atoms with E-state index in [1.807, 2.05) is 25.1 Å². The first-order chi connectivity index (χ1) is 10.1. The Morgan fingerprint density at radius 2 is 2.19 bits per heavy atom. The molecule has 0 amide bonds. The maximum atomic E-state index is 11.9. The minimum Gasteiger partial charge on any atom is -0.487 e. The molecule has 2 rings (SSSR count). The highest BCUT2D eigenvalue weighted by Gasteiger charge is 2.11. The molecule has 0 fully saturated rings. The highest BCUT2D eigenvalue weighted by atomic mass is 35.5. The predicted molar refractivity (Wildman–Crippen MR) is 84.1 cm³/mol. The average Bonchev–Trinajstić information content (AvgIpc) is 2.49. The third kappa shape index (κ3) is 3.98. The zero-order chi connectivity index (χ0) is 15.2. The lowest BCUT2D eigenvalue weighted by Gasteiger charge is -2.19. The third-order valence-electron chi connectivity index (χ3n) is 3.10. The quantitative estimate of drug-likeness (QED) is 0.891. The van der Waals surface area contributed by atoms with E-state index in [9.17, 15) is 4.79 Å². The summed E-state index contributed by atoms with van der Waals surface area (Å²) < 4.78 is 7.33. The fourth-order valence-electron chi connectivity index (χ4n) is 1.82. The van der Waals surface area contributed by atoms with E-state index in [0.717, 1.165) is 6.42 Å². The standard InChI is InChI=1S/C15H18ClN3O2/c1-3-11(21-13-7-5-4-6-12(13)16)10-18-14-15(20)19(2)9-8-17-14/h4-9,11H,3,10H2,1-2H3,(H,17,18). The zero-order valence-corrected chi connectivity index (χ0v) is 12.8. The monoisotopic (exact) mass is 307 g/mol. The second-order valence-corrected chi connectivity index (χ2v) is 5.06. The molecule has 6 heteroatoms. The summed E-state index contributed by atoms with van der Waals surface area (Å²) >= 11 is 6.08. The van der Waals surface area contributed by atoms with Crippen molar-refractivity contribution in [1.82, 2.24) is 9.55 Å². The van der Waals surface area contributed by atoms with Crippen LogP contribution in [0.1, 0.15) is 13.3 Å². The van der Waals surface area contributed by atoms with Gasteiger partial charge in [0.05, 0.1) is 11.6 Å². The Labute approximate surface area is 128 Å². The van der Waals surface area contributed by atoms with Crippen molar-refractivity contribution in [2.45, 2.75) is 19.4 Å². The van der Waals surface area contributed by atoms with Gasteiger partial charge in [-0.1, -0.05) is 30.7 Å². The first kappa shape index (κ1) is 15.4. The lowest BCUT2D eigenvalue weighted by Crippen LogP contribution is -2.29. The van der Waals surface area contributed by atoms with E-state index in [4.69, 9.17) is 16.3 Å². The fraction of sp³-hybridized carbons (Fsp3) is 0.333. The minimum absolute atomic E-state index is 0.100. The molecule has 21 heavy (non-hydrogen) atoms. The molecule has 1 unspecified atom stereocenters. The van der Waals surface area contributed by atoms with E-state index in [1.165, 1.54) is 4.57 Å². The highest BCUT2D eigenvalue weighted by molar-refractivity contribution is 6.32. The summed E-state index contributed by atoms with van der Waals surface area (Å²) in [6.07, 6.45) is 3.88. The Morgan fingerprint density at radius 3 is 2.90 bits per heavy atom. The second-order valence-electron chi connectivity index (χ2n) is 4.65. The lowest BCUT2D eigenvalue weighted by atomic mass is 10.2. The SMILES string of the molecule is CCC(CNc1nccn(C)c1=O)Oc1ccccc1Cl. The van der Waals surface area contributed by atoms with Crippen LogP contribution >= 0.6 is 11.6 Å². The summed E-state index contributed by atoms with van der Waals surface area (Å²) in [7, 11) is 1.69. The van der Waals surface area contributed by atoms with Crippen LogP contribution in [0.2, 0.25) is 5.02 Å². The topological polar surface area (TPSA) is 56.2 Å². The smallest absolute Gasteiger partial charge is 0.293 e. The van der Waals surface area contributed by atoms with Crippen molar-refractivity contribution in [2.24, 2.45) is 7.05 Å². The van der Waals surface area contributed by atoms with Gasteiger partial charge in [0, 0.05) is 19.4 Å². The van der Waals surface area contributed by atoms with Gasteiger partial charge in [-0.25, -0.2) is 4.98 Å². The number of para-hydroxylation sites is 1. The first-order valence-corrected chi connectivity index (χ1v) is 7.16. The number of anilines is 1. The van der Waals surface area contributed by atoms with E-state index < -0.39 is 0 Å². The fourth-order valence-corrected chi connectivity index (χ4v) is 2.00. The number of nitrogens with one attached hydrogen (secondary N) is 1. The molecular formula is C15H18ClN3O2. The molecule has 0 saturated heterocycles. The van der Waals surface area contributed by atoms with Crippen molar-refractivity contribution >= 4 is 17.4 Å². The van der Waals surface area contributed by atoms with Crippen molar-refractivity contribution in [2.75, 3.05) is 11.9 Å². The van der Waals surface area contributed by atoms with E-state index >= 15 is 0 Å². The van der Waals surface area contributed by atoms with Gasteiger partial charge in [0.15, 0.2) is 5.82 Å². The lowest BCUT2D eigenvalue weighted by molar-refractivity contribution is 0.210. The molecule has 1 N–H and O–H groups in total. The van der Waals surface area contributed by atoms with E-state index in [0.29, 0.717) is 23.1 Å². The Hall–Kier alpha value is -2.01. The van der Waals surface area contributed by atoms with Crippen molar-refractivity contribution in [3.8, 4) is 5.75 Å². The van der Waals surface area contributed by atoms with Crippen LogP contribution in [0.3, 0.4) is 0 Å². The molecule has 0 spiro atoms. The van der Waals surface area contributed by atoms with Gasteiger partial charge < -0.3 is 14.6 Å². The van der Waals surface area contributed by atoms with Crippen molar-refractivity contribution < 1.29 is 4.74 Å². The van der Waals surface area contributed by atoms with Gasteiger partial charge in [-0.3, -0.25) is 4.79 Å². The molecule has 5 nitrogen and oxygen atoms in total. The maximum Gasteiger partial charge on any atom is 0.293 e. The molecule has 1 aromatic heterocycles. The number of aromatic nitrogens is 2. The Balaban J connectivity index is 2.02. The molecule has 112 valence electrons. The number of rotatable bonds is 6. The molecule has 0 bridgehead atoms. The molecule has 1 heterocycles. The van der Waals surface area contributed by atoms with Crippen LogP contribution in [0.15, 0.2) is 41.5 Å². The van der Waals surface area contributed by atoms with Gasteiger partial charge in [0.2, 0.25) is 0 Å². The molecule has 1 aromatic carbocycles. The van der Waals surface area contributed by atoms with Crippen LogP contribution in [-0.4, -0.2) is 22.2 Å². The number of aryl methyl sites for hydroxylation is 1. The number of hydrogen-bond acceptors (Lipinski definition) is 4. The van der Waals surface area contributed by atoms with Crippen LogP contribution in [0.5, 0.6) is 5.75 Å². The van der Waals surface area contributed by atoms with Gasteiger partial charge in [-0.2, -0.15) is 0 Å².